The normalized spacial score (nSPS) is 15.3. The minimum atomic E-state index is -0.770. The van der Waals surface area contributed by atoms with Gasteiger partial charge in [0.05, 0.1) is 0 Å². The molecule has 1 aliphatic heterocycles. The second-order valence-corrected chi connectivity index (χ2v) is 8.07. The van der Waals surface area contributed by atoms with Crippen molar-refractivity contribution < 1.29 is 39.0 Å². The third kappa shape index (κ3) is 5.96. The summed E-state index contributed by atoms with van der Waals surface area (Å²) in [5.41, 5.74) is 1.20. The number of hydrogen-bond acceptors (Lipinski definition) is 8. The molecule has 0 saturated carbocycles. The smallest absolute Gasteiger partial charge is 0.333 e. The second-order valence-electron chi connectivity index (χ2n) is 8.07. The number of piperidine rings is 1. The highest BCUT2D eigenvalue weighted by atomic mass is 16.7. The monoisotopic (exact) mass is 486 g/mol. The molecule has 1 saturated heterocycles. The maximum absolute atomic E-state index is 13.0. The van der Waals surface area contributed by atoms with Crippen LogP contribution in [-0.2, 0) is 19.2 Å². The van der Waals surface area contributed by atoms with Crippen molar-refractivity contribution >= 4 is 35.3 Å². The molecule has 1 fully saturated rings. The Morgan fingerprint density at radius 1 is 1.14 bits per heavy atom. The van der Waals surface area contributed by atoms with E-state index < -0.39 is 41.5 Å². The highest BCUT2D eigenvalue weighted by Gasteiger charge is 2.33. The molecule has 186 valence electrons. The van der Waals surface area contributed by atoms with Crippen molar-refractivity contribution in [3.8, 4) is 11.8 Å². The van der Waals surface area contributed by atoms with Gasteiger partial charge in [0.2, 0.25) is 29.5 Å². The summed E-state index contributed by atoms with van der Waals surface area (Å²) in [5, 5.41) is 23.9. The maximum atomic E-state index is 13.0. The molecule has 1 aliphatic rings. The Kier molecular flexibility index (Phi) is 7.74. The first kappa shape index (κ1) is 25.3. The largest absolute Gasteiger partial charge is 0.492 e. The molecule has 1 unspecified atom stereocenters. The lowest BCUT2D eigenvalue weighted by molar-refractivity contribution is -0.145. The average molecular weight is 486 g/mol. The van der Waals surface area contributed by atoms with E-state index in [1.165, 1.54) is 11.9 Å². The van der Waals surface area contributed by atoms with Gasteiger partial charge in [-0.1, -0.05) is 6.07 Å². The Morgan fingerprint density at radius 2 is 1.83 bits per heavy atom. The Hall–Kier alpha value is -4.35. The molecule has 0 radical (unpaired) electrons. The van der Waals surface area contributed by atoms with Gasteiger partial charge in [0, 0.05) is 49.7 Å². The highest BCUT2D eigenvalue weighted by Crippen LogP contribution is 2.23. The zero-order valence-electron chi connectivity index (χ0n) is 19.2. The number of aromatic nitrogens is 1. The summed E-state index contributed by atoms with van der Waals surface area (Å²) < 4.78 is 0.570. The molecule has 3 rings (SSSR count). The summed E-state index contributed by atoms with van der Waals surface area (Å²) in [7, 11) is 1.49. The van der Waals surface area contributed by atoms with Crippen LogP contribution in [0.4, 0.5) is 5.69 Å². The lowest BCUT2D eigenvalue weighted by atomic mass is 10.0. The predicted molar refractivity (Wildman–Crippen MR) is 121 cm³/mol. The number of hydrogen-bond donors (Lipinski definition) is 4. The van der Waals surface area contributed by atoms with Crippen molar-refractivity contribution in [2.45, 2.75) is 45.1 Å². The first-order chi connectivity index (χ1) is 16.6. The zero-order valence-corrected chi connectivity index (χ0v) is 19.2. The van der Waals surface area contributed by atoms with Gasteiger partial charge >= 0.3 is 5.97 Å². The van der Waals surface area contributed by atoms with Crippen molar-refractivity contribution in [2.24, 2.45) is 0 Å². The molecule has 1 aromatic heterocycles. The van der Waals surface area contributed by atoms with Gasteiger partial charge in [0.1, 0.15) is 6.04 Å². The molecule has 4 amide bonds. The van der Waals surface area contributed by atoms with Gasteiger partial charge in [-0.15, -0.1) is 4.73 Å². The number of likely N-dealkylation sites (N-methyl/N-ethyl adjacent to an activating group) is 1. The van der Waals surface area contributed by atoms with E-state index in [-0.39, 0.29) is 38.0 Å². The molecular formula is C23H26N4O8. The van der Waals surface area contributed by atoms with E-state index in [1.54, 1.807) is 25.1 Å². The molecule has 2 aromatic rings. The lowest BCUT2D eigenvalue weighted by Crippen LogP contribution is -2.53. The first-order valence-electron chi connectivity index (χ1n) is 10.9. The number of nitrogens with zero attached hydrogens (tertiary/aromatic N) is 2. The van der Waals surface area contributed by atoms with Crippen LogP contribution in [-0.4, -0.2) is 62.5 Å². The van der Waals surface area contributed by atoms with Crippen LogP contribution in [0.5, 0.6) is 11.8 Å². The second kappa shape index (κ2) is 10.7. The number of carbonyl (C=O) groups is 5. The van der Waals surface area contributed by atoms with Gasteiger partial charge in [-0.2, -0.15) is 0 Å². The quantitative estimate of drug-likeness (QED) is 0.398. The summed E-state index contributed by atoms with van der Waals surface area (Å²) in [6, 6.07) is 6.34. The van der Waals surface area contributed by atoms with E-state index in [1.807, 2.05) is 0 Å². The summed E-state index contributed by atoms with van der Waals surface area (Å²) >= 11 is 0. The fraction of sp³-hybridized carbons (Fsp3) is 0.348. The molecular weight excluding hydrogens is 460 g/mol. The van der Waals surface area contributed by atoms with Crippen LogP contribution in [0.1, 0.15) is 48.0 Å². The number of nitrogens with one attached hydrogen (secondary N) is 2. The van der Waals surface area contributed by atoms with Crippen molar-refractivity contribution in [3.63, 3.8) is 0 Å². The molecule has 0 spiro atoms. The number of imide groups is 1. The molecule has 1 aromatic carbocycles. The summed E-state index contributed by atoms with van der Waals surface area (Å²) in [6.45, 7) is 1.66. The number of carbonyl (C=O) groups excluding carboxylic acids is 5. The van der Waals surface area contributed by atoms with Crippen LogP contribution in [0.15, 0.2) is 30.3 Å². The van der Waals surface area contributed by atoms with Gasteiger partial charge in [-0.05, 0) is 37.5 Å². The number of rotatable bonds is 8. The molecule has 0 aliphatic carbocycles. The molecule has 0 bridgehead atoms. The van der Waals surface area contributed by atoms with Crippen LogP contribution in [0.3, 0.4) is 0 Å². The van der Waals surface area contributed by atoms with E-state index in [0.717, 1.165) is 12.1 Å². The van der Waals surface area contributed by atoms with Crippen LogP contribution in [0.25, 0.3) is 0 Å². The third-order valence-electron chi connectivity index (χ3n) is 5.61. The number of aromatic hydroxyl groups is 2. The zero-order chi connectivity index (χ0) is 25.7. The van der Waals surface area contributed by atoms with E-state index in [0.29, 0.717) is 21.5 Å². The SMILES string of the molecule is Cc1c(NC(=O)CCCC(=O)On2c(O)ccc2O)cccc1C(=O)N(C)C1CCC(=O)NC1=O. The summed E-state index contributed by atoms with van der Waals surface area (Å²) in [4.78, 5) is 66.8. The third-order valence-corrected chi connectivity index (χ3v) is 5.61. The van der Waals surface area contributed by atoms with Crippen LogP contribution in [0, 0.1) is 6.92 Å². The maximum Gasteiger partial charge on any atom is 0.333 e. The highest BCUT2D eigenvalue weighted by molar-refractivity contribution is 6.05. The van der Waals surface area contributed by atoms with E-state index >= 15 is 0 Å². The van der Waals surface area contributed by atoms with Gasteiger partial charge in [-0.25, -0.2) is 4.79 Å². The van der Waals surface area contributed by atoms with Gasteiger partial charge in [0.15, 0.2) is 0 Å². The average Bonchev–Trinajstić information content (AvgIpc) is 3.11. The van der Waals surface area contributed by atoms with Gasteiger partial charge in [0.25, 0.3) is 5.91 Å². The Morgan fingerprint density at radius 3 is 2.49 bits per heavy atom. The standard InChI is InChI=1S/C23H26N4O8/c1-13-14(23(34)26(2)16-9-10-18(29)25-22(16)33)5-3-6-15(13)24-17(28)7-4-8-21(32)35-27-19(30)11-12-20(27)31/h3,5-6,11-12,16,30-31H,4,7-10H2,1-2H3,(H,24,28)(H,25,29,33). The van der Waals surface area contributed by atoms with Gasteiger partial charge in [-0.3, -0.25) is 24.5 Å². The predicted octanol–water partition coefficient (Wildman–Crippen LogP) is 0.849. The van der Waals surface area contributed by atoms with Crippen LogP contribution in [0.2, 0.25) is 0 Å². The molecule has 12 heteroatoms. The van der Waals surface area contributed by atoms with E-state index in [2.05, 4.69) is 10.6 Å². The molecule has 4 N–H and O–H groups in total. The van der Waals surface area contributed by atoms with Gasteiger partial charge < -0.3 is 25.3 Å². The number of amides is 4. The van der Waals surface area contributed by atoms with Crippen LogP contribution < -0.4 is 15.5 Å². The summed E-state index contributed by atoms with van der Waals surface area (Å²) in [5.74, 6) is -3.35. The Labute approximate surface area is 200 Å². The summed E-state index contributed by atoms with van der Waals surface area (Å²) in [6.07, 6.45) is 0.355. The van der Waals surface area contributed by atoms with Crippen molar-refractivity contribution in [1.29, 1.82) is 0 Å². The minimum Gasteiger partial charge on any atom is -0.492 e. The van der Waals surface area contributed by atoms with Crippen molar-refractivity contribution in [2.75, 3.05) is 12.4 Å². The fourth-order valence-electron chi connectivity index (χ4n) is 3.63. The van der Waals surface area contributed by atoms with Crippen molar-refractivity contribution in [1.82, 2.24) is 14.9 Å². The Bertz CT molecular complexity index is 1150. The Balaban J connectivity index is 1.55. The van der Waals surface area contributed by atoms with E-state index in [9.17, 15) is 34.2 Å². The lowest BCUT2D eigenvalue weighted by Gasteiger charge is -2.30. The molecule has 35 heavy (non-hydrogen) atoms. The topological polar surface area (TPSA) is 167 Å². The van der Waals surface area contributed by atoms with E-state index in [4.69, 9.17) is 4.84 Å². The molecule has 1 atom stereocenters. The number of benzene rings is 1. The van der Waals surface area contributed by atoms with Crippen molar-refractivity contribution in [3.05, 3.63) is 41.5 Å². The minimum absolute atomic E-state index is 0.0213. The molecule has 2 heterocycles. The first-order valence-corrected chi connectivity index (χ1v) is 10.9. The number of anilines is 1. The molecule has 12 nitrogen and oxygen atoms in total. The van der Waals surface area contributed by atoms with Crippen LogP contribution >= 0.6 is 0 Å². The fourth-order valence-corrected chi connectivity index (χ4v) is 3.63.